The van der Waals surface area contributed by atoms with E-state index < -0.39 is 6.03 Å². The summed E-state index contributed by atoms with van der Waals surface area (Å²) in [6.07, 6.45) is 2.10. The van der Waals surface area contributed by atoms with Gasteiger partial charge in [0.15, 0.2) is 0 Å². The second kappa shape index (κ2) is 8.21. The standard InChI is InChI=1S/C13H20N4O2S.ClH/c14-9-3-1-5-17(8-9)12(18)7-10(16-13(15)19)11-4-2-6-20-11;/h2,4,6,9-10H,1,3,5,7-8,14H2,(H3,15,16,19);1H. The molecule has 2 unspecified atom stereocenters. The maximum absolute atomic E-state index is 12.3. The molecule has 1 aromatic heterocycles. The average Bonchev–Trinajstić information content (AvgIpc) is 2.91. The zero-order valence-electron chi connectivity index (χ0n) is 11.7. The first-order valence-electron chi connectivity index (χ1n) is 6.69. The van der Waals surface area contributed by atoms with Gasteiger partial charge in [-0.2, -0.15) is 0 Å². The first kappa shape index (κ1) is 17.7. The Morgan fingerprint density at radius 3 is 2.86 bits per heavy atom. The summed E-state index contributed by atoms with van der Waals surface area (Å²) in [6, 6.07) is 2.85. The normalized spacial score (nSPS) is 19.5. The molecule has 0 spiro atoms. The Bertz CT molecular complexity index is 469. The molecule has 1 fully saturated rings. The lowest BCUT2D eigenvalue weighted by molar-refractivity contribution is -0.132. The lowest BCUT2D eigenvalue weighted by Crippen LogP contribution is -2.47. The second-order valence-electron chi connectivity index (χ2n) is 5.02. The minimum Gasteiger partial charge on any atom is -0.352 e. The fourth-order valence-electron chi connectivity index (χ4n) is 2.42. The minimum absolute atomic E-state index is 0. The molecule has 5 N–H and O–H groups in total. The summed E-state index contributed by atoms with van der Waals surface area (Å²) in [5.41, 5.74) is 11.1. The van der Waals surface area contributed by atoms with Crippen molar-refractivity contribution in [3.05, 3.63) is 22.4 Å². The van der Waals surface area contributed by atoms with Crippen LogP contribution in [0.2, 0.25) is 0 Å². The van der Waals surface area contributed by atoms with Crippen LogP contribution in [0.5, 0.6) is 0 Å². The number of halogens is 1. The van der Waals surface area contributed by atoms with Crippen molar-refractivity contribution in [2.24, 2.45) is 11.5 Å². The fourth-order valence-corrected chi connectivity index (χ4v) is 3.20. The summed E-state index contributed by atoms with van der Waals surface area (Å²) in [5.74, 6) is 0.00676. The smallest absolute Gasteiger partial charge is 0.312 e. The highest BCUT2D eigenvalue weighted by atomic mass is 35.5. The van der Waals surface area contributed by atoms with Gasteiger partial charge in [0.05, 0.1) is 12.5 Å². The highest BCUT2D eigenvalue weighted by Gasteiger charge is 2.25. The van der Waals surface area contributed by atoms with Crippen LogP contribution in [-0.2, 0) is 4.79 Å². The van der Waals surface area contributed by atoms with Crippen LogP contribution in [0.25, 0.3) is 0 Å². The van der Waals surface area contributed by atoms with Gasteiger partial charge >= 0.3 is 6.03 Å². The summed E-state index contributed by atoms with van der Waals surface area (Å²) in [7, 11) is 0. The molecule has 2 atom stereocenters. The molecule has 21 heavy (non-hydrogen) atoms. The Morgan fingerprint density at radius 1 is 1.52 bits per heavy atom. The van der Waals surface area contributed by atoms with Crippen LogP contribution < -0.4 is 16.8 Å². The summed E-state index contributed by atoms with van der Waals surface area (Å²) in [4.78, 5) is 26.1. The van der Waals surface area contributed by atoms with Crippen LogP contribution in [0, 0.1) is 0 Å². The third kappa shape index (κ3) is 5.18. The van der Waals surface area contributed by atoms with Crippen molar-refractivity contribution in [3.8, 4) is 0 Å². The van der Waals surface area contributed by atoms with Gasteiger partial charge in [-0.25, -0.2) is 4.79 Å². The predicted molar refractivity (Wildman–Crippen MR) is 85.4 cm³/mol. The Kier molecular flexibility index (Phi) is 6.94. The third-order valence-corrected chi connectivity index (χ3v) is 4.38. The number of urea groups is 1. The lowest BCUT2D eigenvalue weighted by atomic mass is 10.0. The van der Waals surface area contributed by atoms with Crippen LogP contribution in [0.15, 0.2) is 17.5 Å². The quantitative estimate of drug-likeness (QED) is 0.772. The van der Waals surface area contributed by atoms with E-state index in [4.69, 9.17) is 11.5 Å². The monoisotopic (exact) mass is 332 g/mol. The van der Waals surface area contributed by atoms with Crippen molar-refractivity contribution < 1.29 is 9.59 Å². The van der Waals surface area contributed by atoms with Crippen molar-refractivity contribution >= 4 is 35.7 Å². The van der Waals surface area contributed by atoms with Crippen molar-refractivity contribution in [3.63, 3.8) is 0 Å². The molecule has 0 bridgehead atoms. The topological polar surface area (TPSA) is 101 Å². The van der Waals surface area contributed by atoms with E-state index in [9.17, 15) is 9.59 Å². The lowest BCUT2D eigenvalue weighted by Gasteiger charge is -2.31. The van der Waals surface area contributed by atoms with Crippen LogP contribution in [0.1, 0.15) is 30.2 Å². The molecular weight excluding hydrogens is 312 g/mol. The van der Waals surface area contributed by atoms with E-state index in [1.165, 1.54) is 11.3 Å². The molecule has 0 aliphatic carbocycles. The van der Waals surface area contributed by atoms with E-state index in [1.54, 1.807) is 4.90 Å². The molecule has 2 rings (SSSR count). The van der Waals surface area contributed by atoms with Crippen molar-refractivity contribution in [1.82, 2.24) is 10.2 Å². The maximum Gasteiger partial charge on any atom is 0.312 e. The van der Waals surface area contributed by atoms with Crippen LogP contribution in [0.3, 0.4) is 0 Å². The van der Waals surface area contributed by atoms with Crippen LogP contribution in [-0.4, -0.2) is 36.0 Å². The van der Waals surface area contributed by atoms with E-state index in [0.29, 0.717) is 6.54 Å². The van der Waals surface area contributed by atoms with E-state index in [0.717, 1.165) is 24.3 Å². The van der Waals surface area contributed by atoms with Gasteiger partial charge < -0.3 is 21.7 Å². The number of nitrogens with one attached hydrogen (secondary N) is 1. The molecule has 1 aliphatic heterocycles. The maximum atomic E-state index is 12.3. The third-order valence-electron chi connectivity index (χ3n) is 3.39. The van der Waals surface area contributed by atoms with Gasteiger partial charge in [-0.1, -0.05) is 6.07 Å². The molecule has 2 heterocycles. The molecule has 3 amide bonds. The number of likely N-dealkylation sites (tertiary alicyclic amines) is 1. The van der Waals surface area contributed by atoms with Gasteiger partial charge in [-0.15, -0.1) is 23.7 Å². The molecule has 1 aliphatic rings. The zero-order chi connectivity index (χ0) is 14.5. The largest absolute Gasteiger partial charge is 0.352 e. The van der Waals surface area contributed by atoms with Gasteiger partial charge in [-0.3, -0.25) is 4.79 Å². The second-order valence-corrected chi connectivity index (χ2v) is 6.00. The van der Waals surface area contributed by atoms with E-state index in [1.807, 2.05) is 17.5 Å². The Morgan fingerprint density at radius 2 is 2.29 bits per heavy atom. The Labute approximate surface area is 134 Å². The van der Waals surface area contributed by atoms with Gasteiger partial charge in [0, 0.05) is 24.0 Å². The van der Waals surface area contributed by atoms with Gasteiger partial charge in [-0.05, 0) is 24.3 Å². The van der Waals surface area contributed by atoms with Crippen molar-refractivity contribution in [2.45, 2.75) is 31.3 Å². The molecule has 118 valence electrons. The molecule has 8 heteroatoms. The number of nitrogens with two attached hydrogens (primary N) is 2. The molecule has 6 nitrogen and oxygen atoms in total. The van der Waals surface area contributed by atoms with E-state index in [-0.39, 0.29) is 36.8 Å². The predicted octanol–water partition coefficient (Wildman–Crippen LogP) is 1.22. The number of nitrogens with zero attached hydrogens (tertiary/aromatic N) is 1. The molecule has 1 aromatic rings. The van der Waals surface area contributed by atoms with E-state index >= 15 is 0 Å². The molecular formula is C13H21ClN4O2S. The average molecular weight is 333 g/mol. The number of hydrogen-bond acceptors (Lipinski definition) is 4. The first-order valence-corrected chi connectivity index (χ1v) is 7.57. The number of rotatable bonds is 4. The highest BCUT2D eigenvalue weighted by molar-refractivity contribution is 7.10. The SMILES string of the molecule is Cl.NC(=O)NC(CC(=O)N1CCCC(N)C1)c1cccs1. The van der Waals surface area contributed by atoms with Crippen molar-refractivity contribution in [1.29, 1.82) is 0 Å². The summed E-state index contributed by atoms with van der Waals surface area (Å²) in [6.45, 7) is 1.33. The van der Waals surface area contributed by atoms with E-state index in [2.05, 4.69) is 5.32 Å². The van der Waals surface area contributed by atoms with Gasteiger partial charge in [0.25, 0.3) is 0 Å². The van der Waals surface area contributed by atoms with Crippen LogP contribution >= 0.6 is 23.7 Å². The number of carbonyl (C=O) groups excluding carboxylic acids is 2. The van der Waals surface area contributed by atoms with Gasteiger partial charge in [0.2, 0.25) is 5.91 Å². The summed E-state index contributed by atoms with van der Waals surface area (Å²) >= 11 is 1.50. The fraction of sp³-hybridized carbons (Fsp3) is 0.538. The number of amides is 3. The molecule has 1 saturated heterocycles. The van der Waals surface area contributed by atoms with Crippen molar-refractivity contribution in [2.75, 3.05) is 13.1 Å². The highest BCUT2D eigenvalue weighted by Crippen LogP contribution is 2.23. The van der Waals surface area contributed by atoms with Crippen LogP contribution in [0.4, 0.5) is 4.79 Å². The first-order chi connectivity index (χ1) is 9.56. The van der Waals surface area contributed by atoms with Gasteiger partial charge in [0.1, 0.15) is 0 Å². The number of primary amides is 1. The number of hydrogen-bond donors (Lipinski definition) is 3. The summed E-state index contributed by atoms with van der Waals surface area (Å²) < 4.78 is 0. The number of piperidine rings is 1. The Balaban J connectivity index is 0.00000220. The molecule has 0 radical (unpaired) electrons. The Hall–Kier alpha value is -1.31. The number of thiophene rings is 1. The number of carbonyl (C=O) groups is 2. The summed E-state index contributed by atoms with van der Waals surface area (Å²) in [5, 5.41) is 4.54. The zero-order valence-corrected chi connectivity index (χ0v) is 13.3. The minimum atomic E-state index is -0.619. The molecule has 0 aromatic carbocycles. The molecule has 0 saturated carbocycles.